The summed E-state index contributed by atoms with van der Waals surface area (Å²) >= 11 is 0. The largest absolute Gasteiger partial charge is 0.390 e. The molecule has 0 aromatic carbocycles. The Hall–Kier alpha value is -0.670. The highest BCUT2D eigenvalue weighted by Crippen LogP contribution is 2.24. The van der Waals surface area contributed by atoms with Crippen LogP contribution < -0.4 is 0 Å². The number of nitrogens with zero attached hydrogens (tertiary/aromatic N) is 1. The van der Waals surface area contributed by atoms with Gasteiger partial charge in [0.1, 0.15) is 12.2 Å². The van der Waals surface area contributed by atoms with E-state index in [-0.39, 0.29) is 6.42 Å². The third-order valence-corrected chi connectivity index (χ3v) is 2.17. The summed E-state index contributed by atoms with van der Waals surface area (Å²) in [5.74, 6) is -0.807. The van der Waals surface area contributed by atoms with Gasteiger partial charge in [-0.3, -0.25) is 0 Å². The number of rotatable bonds is 0. The van der Waals surface area contributed by atoms with Crippen LogP contribution in [0.3, 0.4) is 0 Å². The predicted octanol–water partition coefficient (Wildman–Crippen LogP) is -2.03. The summed E-state index contributed by atoms with van der Waals surface area (Å²) in [6.07, 6.45) is -5.19. The highest BCUT2D eigenvalue weighted by molar-refractivity contribution is 5.00. The first-order chi connectivity index (χ1) is 5.57. The molecule has 1 fully saturated rings. The molecule has 5 nitrogen and oxygen atoms in total. The topological polar surface area (TPSA) is 105 Å². The molecule has 0 amide bonds. The summed E-state index contributed by atoms with van der Waals surface area (Å²) in [7, 11) is 0. The maximum atomic E-state index is 9.18. The molecule has 68 valence electrons. The third kappa shape index (κ3) is 1.42. The van der Waals surface area contributed by atoms with E-state index in [1.807, 2.05) is 0 Å². The van der Waals surface area contributed by atoms with Crippen LogP contribution in [0.4, 0.5) is 0 Å². The molecule has 1 rings (SSSR count). The Morgan fingerprint density at radius 2 is 1.58 bits per heavy atom. The van der Waals surface area contributed by atoms with Crippen molar-refractivity contribution in [1.82, 2.24) is 0 Å². The molecule has 1 saturated carbocycles. The van der Waals surface area contributed by atoms with Crippen LogP contribution in [-0.4, -0.2) is 44.8 Å². The lowest BCUT2D eigenvalue weighted by Gasteiger charge is -2.35. The van der Waals surface area contributed by atoms with Gasteiger partial charge in [-0.25, -0.2) is 0 Å². The smallest absolute Gasteiger partial charge is 0.110 e. The Morgan fingerprint density at radius 1 is 1.00 bits per heavy atom. The molecule has 0 spiro atoms. The van der Waals surface area contributed by atoms with Crippen LogP contribution in [0.25, 0.3) is 0 Å². The van der Waals surface area contributed by atoms with Crippen LogP contribution in [0.15, 0.2) is 0 Å². The van der Waals surface area contributed by atoms with Gasteiger partial charge in [0.25, 0.3) is 0 Å². The SMILES string of the molecule is N#C[C@@H]1C[C@H](O)[C@@H](O)C(O)[C@@H]1O. The predicted molar refractivity (Wildman–Crippen MR) is 37.7 cm³/mol. The second-order valence-corrected chi connectivity index (χ2v) is 3.01. The maximum absolute atomic E-state index is 9.18. The molecular weight excluding hydrogens is 162 g/mol. The monoisotopic (exact) mass is 173 g/mol. The molecule has 1 unspecified atom stereocenters. The van der Waals surface area contributed by atoms with Gasteiger partial charge in [0.15, 0.2) is 0 Å². The minimum absolute atomic E-state index is 0.00407. The van der Waals surface area contributed by atoms with Crippen molar-refractivity contribution >= 4 is 0 Å². The molecule has 0 radical (unpaired) electrons. The lowest BCUT2D eigenvalue weighted by Crippen LogP contribution is -2.53. The molecule has 0 aromatic heterocycles. The van der Waals surface area contributed by atoms with Crippen molar-refractivity contribution in [1.29, 1.82) is 5.26 Å². The first kappa shape index (κ1) is 9.42. The minimum atomic E-state index is -1.43. The zero-order valence-corrected chi connectivity index (χ0v) is 6.33. The second-order valence-electron chi connectivity index (χ2n) is 3.01. The fraction of sp³-hybridized carbons (Fsp3) is 0.857. The van der Waals surface area contributed by atoms with Crippen LogP contribution in [0.2, 0.25) is 0 Å². The Morgan fingerprint density at radius 3 is 2.08 bits per heavy atom. The van der Waals surface area contributed by atoms with Crippen molar-refractivity contribution in [2.24, 2.45) is 5.92 Å². The molecule has 0 aromatic rings. The third-order valence-electron chi connectivity index (χ3n) is 2.17. The summed E-state index contributed by atoms with van der Waals surface area (Å²) < 4.78 is 0. The summed E-state index contributed by atoms with van der Waals surface area (Å²) in [4.78, 5) is 0. The maximum Gasteiger partial charge on any atom is 0.110 e. The van der Waals surface area contributed by atoms with E-state index in [0.29, 0.717) is 0 Å². The molecule has 0 bridgehead atoms. The van der Waals surface area contributed by atoms with E-state index in [1.54, 1.807) is 6.07 Å². The van der Waals surface area contributed by atoms with Crippen LogP contribution in [-0.2, 0) is 0 Å². The molecular formula is C7H11NO4. The molecule has 0 heterocycles. The number of nitriles is 1. The van der Waals surface area contributed by atoms with Crippen molar-refractivity contribution in [2.75, 3.05) is 0 Å². The highest BCUT2D eigenvalue weighted by Gasteiger charge is 2.41. The van der Waals surface area contributed by atoms with E-state index in [0.717, 1.165) is 0 Å². The molecule has 5 heteroatoms. The van der Waals surface area contributed by atoms with Gasteiger partial charge >= 0.3 is 0 Å². The van der Waals surface area contributed by atoms with Gasteiger partial charge in [-0.2, -0.15) is 5.26 Å². The van der Waals surface area contributed by atoms with E-state index in [1.165, 1.54) is 0 Å². The lowest BCUT2D eigenvalue weighted by molar-refractivity contribution is -0.148. The van der Waals surface area contributed by atoms with E-state index < -0.39 is 30.3 Å². The van der Waals surface area contributed by atoms with E-state index in [9.17, 15) is 5.11 Å². The Kier molecular flexibility index (Phi) is 2.65. The summed E-state index contributed by atoms with van der Waals surface area (Å²) in [5.41, 5.74) is 0. The van der Waals surface area contributed by atoms with Gasteiger partial charge in [-0.1, -0.05) is 0 Å². The Balaban J connectivity index is 2.72. The van der Waals surface area contributed by atoms with Gasteiger partial charge in [0.2, 0.25) is 0 Å². The molecule has 1 aliphatic rings. The molecule has 4 N–H and O–H groups in total. The van der Waals surface area contributed by atoms with E-state index >= 15 is 0 Å². The Labute approximate surface area is 69.5 Å². The average molecular weight is 173 g/mol. The van der Waals surface area contributed by atoms with Crippen molar-refractivity contribution in [2.45, 2.75) is 30.8 Å². The van der Waals surface area contributed by atoms with Gasteiger partial charge in [0.05, 0.1) is 24.2 Å². The number of hydrogen-bond donors (Lipinski definition) is 4. The fourth-order valence-corrected chi connectivity index (χ4v) is 1.34. The molecule has 1 aliphatic carbocycles. The molecule has 5 atom stereocenters. The van der Waals surface area contributed by atoms with Crippen LogP contribution >= 0.6 is 0 Å². The van der Waals surface area contributed by atoms with Gasteiger partial charge < -0.3 is 20.4 Å². The standard InChI is InChI=1S/C7H11NO4/c8-2-3-1-4(9)6(11)7(12)5(3)10/h3-7,9-12H,1H2/t3-,4-,5+,6+,7?/m0/s1. The quantitative estimate of drug-likeness (QED) is 0.338. The lowest BCUT2D eigenvalue weighted by atomic mass is 9.82. The van der Waals surface area contributed by atoms with Crippen molar-refractivity contribution in [3.8, 4) is 6.07 Å². The summed E-state index contributed by atoms with van der Waals surface area (Å²) in [5, 5.41) is 44.9. The van der Waals surface area contributed by atoms with Crippen molar-refractivity contribution < 1.29 is 20.4 Å². The van der Waals surface area contributed by atoms with E-state index in [2.05, 4.69) is 0 Å². The van der Waals surface area contributed by atoms with Crippen LogP contribution in [0.1, 0.15) is 6.42 Å². The van der Waals surface area contributed by atoms with E-state index in [4.69, 9.17) is 20.6 Å². The van der Waals surface area contributed by atoms with Crippen molar-refractivity contribution in [3.63, 3.8) is 0 Å². The second kappa shape index (κ2) is 3.37. The summed E-state index contributed by atoms with van der Waals surface area (Å²) in [6, 6.07) is 1.75. The summed E-state index contributed by atoms with van der Waals surface area (Å²) in [6.45, 7) is 0. The zero-order chi connectivity index (χ0) is 9.30. The van der Waals surface area contributed by atoms with Crippen LogP contribution in [0, 0.1) is 17.2 Å². The fourth-order valence-electron chi connectivity index (χ4n) is 1.34. The van der Waals surface area contributed by atoms with Crippen molar-refractivity contribution in [3.05, 3.63) is 0 Å². The number of aliphatic hydroxyl groups excluding tert-OH is 4. The van der Waals surface area contributed by atoms with Crippen LogP contribution in [0.5, 0.6) is 0 Å². The molecule has 0 saturated heterocycles. The Bertz CT molecular complexity index is 202. The zero-order valence-electron chi connectivity index (χ0n) is 6.33. The first-order valence-corrected chi connectivity index (χ1v) is 3.69. The van der Waals surface area contributed by atoms with Gasteiger partial charge in [0, 0.05) is 0 Å². The molecule has 12 heavy (non-hydrogen) atoms. The highest BCUT2D eigenvalue weighted by atomic mass is 16.4. The van der Waals surface area contributed by atoms with Gasteiger partial charge in [-0.15, -0.1) is 0 Å². The number of aliphatic hydroxyl groups is 4. The minimum Gasteiger partial charge on any atom is -0.390 e. The average Bonchev–Trinajstić information content (AvgIpc) is 2.08. The molecule has 0 aliphatic heterocycles. The number of hydrogen-bond acceptors (Lipinski definition) is 5. The first-order valence-electron chi connectivity index (χ1n) is 3.69. The normalized spacial score (nSPS) is 48.4. The van der Waals surface area contributed by atoms with Gasteiger partial charge in [-0.05, 0) is 6.42 Å².